The van der Waals surface area contributed by atoms with Gasteiger partial charge in [0.15, 0.2) is 5.82 Å². The predicted molar refractivity (Wildman–Crippen MR) is 82.0 cm³/mol. The number of hydrogen-bond acceptors (Lipinski definition) is 5. The number of halogens is 1. The molecule has 116 valence electrons. The van der Waals surface area contributed by atoms with E-state index < -0.39 is 5.60 Å². The fraction of sp³-hybridized carbons (Fsp3) is 0.400. The van der Waals surface area contributed by atoms with Crippen LogP contribution in [0.3, 0.4) is 0 Å². The lowest BCUT2D eigenvalue weighted by Gasteiger charge is -2.20. The Kier molecular flexibility index (Phi) is 4.17. The average Bonchev–Trinajstić information content (AvgIpc) is 3.09. The molecule has 0 atom stereocenters. The van der Waals surface area contributed by atoms with E-state index in [2.05, 4.69) is 14.7 Å². The lowest BCUT2D eigenvalue weighted by atomic mass is 9.98. The van der Waals surface area contributed by atoms with Gasteiger partial charge in [0, 0.05) is 17.1 Å². The molecule has 5 nitrogen and oxygen atoms in total. The van der Waals surface area contributed by atoms with Gasteiger partial charge in [0.2, 0.25) is 11.0 Å². The first-order chi connectivity index (χ1) is 10.5. The number of aromatic nitrogens is 2. The fourth-order valence-corrected chi connectivity index (χ4v) is 3.27. The van der Waals surface area contributed by atoms with Crippen LogP contribution in [0, 0.1) is 5.82 Å². The van der Waals surface area contributed by atoms with Crippen LogP contribution in [-0.2, 0) is 4.79 Å². The van der Waals surface area contributed by atoms with Crippen LogP contribution in [0.25, 0.3) is 11.4 Å². The summed E-state index contributed by atoms with van der Waals surface area (Å²) in [7, 11) is 0. The Morgan fingerprint density at radius 1 is 1.32 bits per heavy atom. The van der Waals surface area contributed by atoms with E-state index in [1.165, 1.54) is 12.1 Å². The summed E-state index contributed by atoms with van der Waals surface area (Å²) in [6, 6.07) is 5.85. The highest BCUT2D eigenvalue weighted by atomic mass is 32.1. The number of rotatable bonds is 4. The fourth-order valence-electron chi connectivity index (χ4n) is 2.66. The van der Waals surface area contributed by atoms with Gasteiger partial charge in [0.1, 0.15) is 5.82 Å². The van der Waals surface area contributed by atoms with Gasteiger partial charge in [-0.3, -0.25) is 4.79 Å². The molecule has 3 rings (SSSR count). The molecule has 0 aliphatic heterocycles. The van der Waals surface area contributed by atoms with Crippen molar-refractivity contribution in [2.75, 3.05) is 5.32 Å². The van der Waals surface area contributed by atoms with Gasteiger partial charge in [0.25, 0.3) is 0 Å². The number of carbonyl (C=O) groups excluding carboxylic acids is 1. The monoisotopic (exact) mass is 321 g/mol. The van der Waals surface area contributed by atoms with Crippen molar-refractivity contribution in [2.24, 2.45) is 0 Å². The molecular weight excluding hydrogens is 305 g/mol. The minimum Gasteiger partial charge on any atom is -0.389 e. The van der Waals surface area contributed by atoms with E-state index in [1.54, 1.807) is 12.1 Å². The SMILES string of the molecule is O=C(CC1(O)CCCC1)Nc1nc(-c2ccc(F)cc2)ns1. The maximum atomic E-state index is 12.9. The van der Waals surface area contributed by atoms with E-state index in [9.17, 15) is 14.3 Å². The Morgan fingerprint density at radius 2 is 2.00 bits per heavy atom. The van der Waals surface area contributed by atoms with Crippen LogP contribution in [0.15, 0.2) is 24.3 Å². The first-order valence-corrected chi connectivity index (χ1v) is 7.93. The maximum absolute atomic E-state index is 12.9. The number of carbonyl (C=O) groups is 1. The van der Waals surface area contributed by atoms with Crippen molar-refractivity contribution in [3.05, 3.63) is 30.1 Å². The Morgan fingerprint density at radius 3 is 2.68 bits per heavy atom. The third-order valence-corrected chi connectivity index (χ3v) is 4.43. The lowest BCUT2D eigenvalue weighted by molar-refractivity contribution is -0.120. The summed E-state index contributed by atoms with van der Waals surface area (Å²) in [6.07, 6.45) is 3.32. The second-order valence-corrected chi connectivity index (χ2v) is 6.34. The number of nitrogens with zero attached hydrogens (tertiary/aromatic N) is 2. The number of benzene rings is 1. The molecule has 2 N–H and O–H groups in total. The van der Waals surface area contributed by atoms with E-state index in [1.807, 2.05) is 0 Å². The van der Waals surface area contributed by atoms with Crippen molar-refractivity contribution in [2.45, 2.75) is 37.7 Å². The minimum absolute atomic E-state index is 0.0818. The summed E-state index contributed by atoms with van der Waals surface area (Å²) in [5.41, 5.74) is -0.193. The van der Waals surface area contributed by atoms with Gasteiger partial charge in [-0.2, -0.15) is 9.36 Å². The van der Waals surface area contributed by atoms with Gasteiger partial charge in [-0.15, -0.1) is 0 Å². The topological polar surface area (TPSA) is 75.1 Å². The van der Waals surface area contributed by atoms with Gasteiger partial charge in [-0.25, -0.2) is 4.39 Å². The van der Waals surface area contributed by atoms with Crippen LogP contribution in [0.4, 0.5) is 9.52 Å². The normalized spacial score (nSPS) is 16.6. The zero-order valence-electron chi connectivity index (χ0n) is 11.9. The first kappa shape index (κ1) is 15.1. The zero-order chi connectivity index (χ0) is 15.6. The first-order valence-electron chi connectivity index (χ1n) is 7.16. The van der Waals surface area contributed by atoms with Crippen LogP contribution >= 0.6 is 11.5 Å². The number of aliphatic hydroxyl groups is 1. The second-order valence-electron chi connectivity index (χ2n) is 5.59. The molecule has 1 aromatic carbocycles. The third-order valence-electron chi connectivity index (χ3n) is 3.80. The van der Waals surface area contributed by atoms with Crippen LogP contribution in [0.5, 0.6) is 0 Å². The molecule has 1 aromatic heterocycles. The smallest absolute Gasteiger partial charge is 0.229 e. The maximum Gasteiger partial charge on any atom is 0.229 e. The lowest BCUT2D eigenvalue weighted by Crippen LogP contribution is -2.30. The van der Waals surface area contributed by atoms with E-state index >= 15 is 0 Å². The molecule has 1 fully saturated rings. The molecule has 0 radical (unpaired) electrons. The summed E-state index contributed by atoms with van der Waals surface area (Å²) >= 11 is 1.07. The van der Waals surface area contributed by atoms with Crippen LogP contribution < -0.4 is 5.32 Å². The molecule has 1 amide bonds. The van der Waals surface area contributed by atoms with E-state index in [0.29, 0.717) is 29.4 Å². The predicted octanol–water partition coefficient (Wildman–Crippen LogP) is 2.98. The van der Waals surface area contributed by atoms with Crippen molar-refractivity contribution in [1.82, 2.24) is 9.36 Å². The largest absolute Gasteiger partial charge is 0.389 e. The van der Waals surface area contributed by atoms with Gasteiger partial charge < -0.3 is 10.4 Å². The Hall–Kier alpha value is -1.86. The average molecular weight is 321 g/mol. The van der Waals surface area contributed by atoms with Crippen molar-refractivity contribution in [3.8, 4) is 11.4 Å². The summed E-state index contributed by atoms with van der Waals surface area (Å²) in [4.78, 5) is 16.2. The molecule has 7 heteroatoms. The third kappa shape index (κ3) is 3.48. The summed E-state index contributed by atoms with van der Waals surface area (Å²) in [5.74, 6) is -0.136. The zero-order valence-corrected chi connectivity index (χ0v) is 12.7. The van der Waals surface area contributed by atoms with Gasteiger partial charge in [-0.05, 0) is 37.1 Å². The van der Waals surface area contributed by atoms with E-state index in [4.69, 9.17) is 0 Å². The molecular formula is C15H16FN3O2S. The minimum atomic E-state index is -0.880. The summed E-state index contributed by atoms with van der Waals surface area (Å²) in [6.45, 7) is 0. The molecule has 1 heterocycles. The van der Waals surface area contributed by atoms with Gasteiger partial charge in [-0.1, -0.05) is 12.8 Å². The number of nitrogens with one attached hydrogen (secondary N) is 1. The highest BCUT2D eigenvalue weighted by molar-refractivity contribution is 7.10. The molecule has 0 spiro atoms. The summed E-state index contributed by atoms with van der Waals surface area (Å²) < 4.78 is 17.0. The Labute approximate surface area is 131 Å². The molecule has 0 bridgehead atoms. The Balaban J connectivity index is 1.64. The number of anilines is 1. The highest BCUT2D eigenvalue weighted by Crippen LogP contribution is 2.32. The van der Waals surface area contributed by atoms with Crippen molar-refractivity contribution >= 4 is 22.6 Å². The quantitative estimate of drug-likeness (QED) is 0.908. The Bertz CT molecular complexity index is 666. The summed E-state index contributed by atoms with van der Waals surface area (Å²) in [5, 5.41) is 13.3. The van der Waals surface area contributed by atoms with Crippen LogP contribution in [-0.4, -0.2) is 26.0 Å². The highest BCUT2D eigenvalue weighted by Gasteiger charge is 2.33. The van der Waals surface area contributed by atoms with Crippen LogP contribution in [0.1, 0.15) is 32.1 Å². The van der Waals surface area contributed by atoms with Gasteiger partial charge >= 0.3 is 0 Å². The van der Waals surface area contributed by atoms with E-state index in [0.717, 1.165) is 24.4 Å². The molecule has 1 aliphatic carbocycles. The molecule has 22 heavy (non-hydrogen) atoms. The molecule has 2 aromatic rings. The molecule has 1 aliphatic rings. The number of hydrogen-bond donors (Lipinski definition) is 2. The van der Waals surface area contributed by atoms with Crippen molar-refractivity contribution in [3.63, 3.8) is 0 Å². The number of amides is 1. The molecule has 1 saturated carbocycles. The van der Waals surface area contributed by atoms with Gasteiger partial charge in [0.05, 0.1) is 12.0 Å². The van der Waals surface area contributed by atoms with Crippen LogP contribution in [0.2, 0.25) is 0 Å². The molecule has 0 unspecified atom stereocenters. The molecule has 0 saturated heterocycles. The van der Waals surface area contributed by atoms with Crippen molar-refractivity contribution < 1.29 is 14.3 Å². The standard InChI is InChI=1S/C15H16FN3O2S/c16-11-5-3-10(4-6-11)13-18-14(22-19-13)17-12(20)9-15(21)7-1-2-8-15/h3-6,21H,1-2,7-9H2,(H,17,18,19,20). The second kappa shape index (κ2) is 6.10. The van der Waals surface area contributed by atoms with E-state index in [-0.39, 0.29) is 18.1 Å². The van der Waals surface area contributed by atoms with Crippen molar-refractivity contribution in [1.29, 1.82) is 0 Å².